The molecule has 0 bridgehead atoms. The van der Waals surface area contributed by atoms with Gasteiger partial charge in [0.2, 0.25) is 5.91 Å². The van der Waals surface area contributed by atoms with Crippen LogP contribution in [0.25, 0.3) is 0 Å². The number of thioether (sulfide) groups is 1. The van der Waals surface area contributed by atoms with Crippen molar-refractivity contribution in [3.8, 4) is 0 Å². The number of hydrogen-bond donors (Lipinski definition) is 2. The minimum Gasteiger partial charge on any atom is -0.379 e. The molecule has 136 valence electrons. The van der Waals surface area contributed by atoms with Gasteiger partial charge in [-0.2, -0.15) is 11.8 Å². The van der Waals surface area contributed by atoms with E-state index in [1.165, 1.54) is 18.6 Å². The maximum absolute atomic E-state index is 12.2. The number of ether oxygens (including phenoxy) is 1. The summed E-state index contributed by atoms with van der Waals surface area (Å²) in [5, 5.41) is 6.61. The highest BCUT2D eigenvalue weighted by molar-refractivity contribution is 7.99. The summed E-state index contributed by atoms with van der Waals surface area (Å²) in [6, 6.07) is 0.391. The van der Waals surface area contributed by atoms with Gasteiger partial charge in [-0.05, 0) is 31.6 Å². The number of nitrogens with one attached hydrogen (secondary N) is 2. The highest BCUT2D eigenvalue weighted by Gasteiger charge is 2.40. The molecule has 3 saturated heterocycles. The summed E-state index contributed by atoms with van der Waals surface area (Å²) in [5.74, 6) is 2.55. The van der Waals surface area contributed by atoms with Crippen LogP contribution in [0.5, 0.6) is 0 Å². The molecule has 1 amide bonds. The maximum atomic E-state index is 12.2. The van der Waals surface area contributed by atoms with Crippen LogP contribution in [0.3, 0.4) is 0 Å². The number of nitrogens with zero attached hydrogens (tertiary/aromatic N) is 1. The van der Waals surface area contributed by atoms with Crippen LogP contribution < -0.4 is 10.6 Å². The Morgan fingerprint density at radius 1 is 1.35 bits per heavy atom. The van der Waals surface area contributed by atoms with Gasteiger partial charge in [0.25, 0.3) is 0 Å². The Kier molecular flexibility index (Phi) is 9.56. The first kappa shape index (κ1) is 21.3. The molecule has 8 heteroatoms. The van der Waals surface area contributed by atoms with E-state index in [-0.39, 0.29) is 36.3 Å². The first-order valence-corrected chi connectivity index (χ1v) is 9.35. The average molecular weight is 386 g/mol. The lowest BCUT2D eigenvalue weighted by atomic mass is 9.95. The molecule has 3 aliphatic heterocycles. The lowest BCUT2D eigenvalue weighted by molar-refractivity contribution is -0.122. The predicted molar refractivity (Wildman–Crippen MR) is 100 cm³/mol. The van der Waals surface area contributed by atoms with Crippen molar-refractivity contribution in [1.82, 2.24) is 15.5 Å². The third kappa shape index (κ3) is 5.65. The molecule has 3 rings (SSSR count). The Morgan fingerprint density at radius 2 is 2.13 bits per heavy atom. The molecule has 0 saturated carbocycles. The van der Waals surface area contributed by atoms with Crippen LogP contribution >= 0.6 is 36.6 Å². The third-order valence-corrected chi connectivity index (χ3v) is 6.21. The van der Waals surface area contributed by atoms with E-state index in [4.69, 9.17) is 4.74 Å². The molecule has 0 aromatic heterocycles. The number of amides is 1. The number of halogens is 2. The van der Waals surface area contributed by atoms with E-state index in [0.29, 0.717) is 12.5 Å². The topological polar surface area (TPSA) is 53.6 Å². The number of rotatable bonds is 5. The number of morpholine rings is 1. The van der Waals surface area contributed by atoms with Crippen LogP contribution in [0.1, 0.15) is 25.7 Å². The molecule has 0 spiro atoms. The number of carbonyl (C=O) groups is 1. The molecule has 2 atom stereocenters. The smallest absolute Gasteiger partial charge is 0.221 e. The summed E-state index contributed by atoms with van der Waals surface area (Å²) in [4.78, 5) is 14.7. The van der Waals surface area contributed by atoms with Crippen molar-refractivity contribution in [3.63, 3.8) is 0 Å². The molecular weight excluding hydrogens is 357 g/mol. The van der Waals surface area contributed by atoms with E-state index in [1.54, 1.807) is 0 Å². The monoisotopic (exact) mass is 385 g/mol. The van der Waals surface area contributed by atoms with Crippen LogP contribution in [0.2, 0.25) is 0 Å². The maximum Gasteiger partial charge on any atom is 0.221 e. The van der Waals surface area contributed by atoms with Gasteiger partial charge in [-0.25, -0.2) is 0 Å². The van der Waals surface area contributed by atoms with Gasteiger partial charge in [0, 0.05) is 43.4 Å². The Morgan fingerprint density at radius 3 is 2.74 bits per heavy atom. The van der Waals surface area contributed by atoms with E-state index >= 15 is 0 Å². The Bertz CT molecular complexity index is 359. The summed E-state index contributed by atoms with van der Waals surface area (Å²) >= 11 is 2.01. The number of hydrogen-bond acceptors (Lipinski definition) is 5. The molecule has 2 unspecified atom stereocenters. The lowest BCUT2D eigenvalue weighted by Crippen LogP contribution is -2.59. The van der Waals surface area contributed by atoms with Gasteiger partial charge in [0.1, 0.15) is 0 Å². The normalized spacial score (nSPS) is 31.2. The minimum absolute atomic E-state index is 0. The van der Waals surface area contributed by atoms with Crippen molar-refractivity contribution in [2.75, 3.05) is 50.9 Å². The van der Waals surface area contributed by atoms with Gasteiger partial charge in [-0.3, -0.25) is 9.69 Å². The first-order valence-electron chi connectivity index (χ1n) is 8.19. The second-order valence-corrected chi connectivity index (χ2v) is 7.51. The lowest BCUT2D eigenvalue weighted by Gasteiger charge is -2.43. The Labute approximate surface area is 155 Å². The van der Waals surface area contributed by atoms with Crippen LogP contribution in [0.15, 0.2) is 0 Å². The molecule has 3 heterocycles. The molecule has 3 fully saturated rings. The number of carbonyl (C=O) groups excluding carboxylic acids is 1. The fourth-order valence-electron chi connectivity index (χ4n) is 3.62. The Hall–Kier alpha value is 0.280. The van der Waals surface area contributed by atoms with Crippen molar-refractivity contribution in [3.05, 3.63) is 0 Å². The van der Waals surface area contributed by atoms with Crippen LogP contribution in [-0.2, 0) is 9.53 Å². The largest absolute Gasteiger partial charge is 0.379 e. The van der Waals surface area contributed by atoms with Gasteiger partial charge in [-0.1, -0.05) is 0 Å². The summed E-state index contributed by atoms with van der Waals surface area (Å²) in [6.07, 6.45) is 4.15. The SMILES string of the molecule is Cl.Cl.O=C(CC1CCCN1)NCC1(N2CCOCC2)CCSC1. The van der Waals surface area contributed by atoms with Crippen molar-refractivity contribution in [2.45, 2.75) is 37.3 Å². The van der Waals surface area contributed by atoms with Crippen molar-refractivity contribution in [2.24, 2.45) is 0 Å². The molecule has 5 nitrogen and oxygen atoms in total. The molecule has 2 N–H and O–H groups in total. The average Bonchev–Trinajstić information content (AvgIpc) is 3.18. The van der Waals surface area contributed by atoms with Gasteiger partial charge in [0.05, 0.1) is 13.2 Å². The van der Waals surface area contributed by atoms with E-state index in [0.717, 1.165) is 51.6 Å². The zero-order valence-electron chi connectivity index (χ0n) is 13.6. The van der Waals surface area contributed by atoms with Crippen LogP contribution in [-0.4, -0.2) is 73.3 Å². The zero-order valence-corrected chi connectivity index (χ0v) is 16.0. The van der Waals surface area contributed by atoms with Gasteiger partial charge >= 0.3 is 0 Å². The van der Waals surface area contributed by atoms with E-state index in [9.17, 15) is 4.79 Å². The predicted octanol–water partition coefficient (Wildman–Crippen LogP) is 1.30. The first-order chi connectivity index (χ1) is 10.3. The summed E-state index contributed by atoms with van der Waals surface area (Å²) in [7, 11) is 0. The minimum atomic E-state index is 0. The molecular formula is C15H29Cl2N3O2S. The van der Waals surface area contributed by atoms with Gasteiger partial charge < -0.3 is 15.4 Å². The van der Waals surface area contributed by atoms with Gasteiger partial charge in [-0.15, -0.1) is 24.8 Å². The highest BCUT2D eigenvalue weighted by atomic mass is 35.5. The van der Waals surface area contributed by atoms with Crippen molar-refractivity contribution >= 4 is 42.5 Å². The van der Waals surface area contributed by atoms with Crippen molar-refractivity contribution in [1.29, 1.82) is 0 Å². The van der Waals surface area contributed by atoms with E-state index < -0.39 is 0 Å². The fourth-order valence-corrected chi connectivity index (χ4v) is 5.10. The quantitative estimate of drug-likeness (QED) is 0.746. The Balaban J connectivity index is 0.00000132. The molecule has 3 aliphatic rings. The second-order valence-electron chi connectivity index (χ2n) is 6.40. The second kappa shape index (κ2) is 10.3. The van der Waals surface area contributed by atoms with Crippen LogP contribution in [0, 0.1) is 0 Å². The molecule has 0 radical (unpaired) electrons. The summed E-state index contributed by atoms with van der Waals surface area (Å²) in [6.45, 7) is 5.51. The molecule has 0 aromatic carbocycles. The van der Waals surface area contributed by atoms with Crippen LogP contribution in [0.4, 0.5) is 0 Å². The van der Waals surface area contributed by atoms with Crippen molar-refractivity contribution < 1.29 is 9.53 Å². The van der Waals surface area contributed by atoms with E-state index in [2.05, 4.69) is 15.5 Å². The highest BCUT2D eigenvalue weighted by Crippen LogP contribution is 2.33. The summed E-state index contributed by atoms with van der Waals surface area (Å²) in [5.41, 5.74) is 0.160. The third-order valence-electron chi connectivity index (χ3n) is 4.97. The zero-order chi connectivity index (χ0) is 14.5. The molecule has 0 aromatic rings. The molecule has 0 aliphatic carbocycles. The standard InChI is InChI=1S/C15H27N3O2S.2ClH/c19-14(10-13-2-1-4-16-13)17-11-15(3-9-21-12-15)18-5-7-20-8-6-18;;/h13,16H,1-12H2,(H,17,19);2*1H. The summed E-state index contributed by atoms with van der Waals surface area (Å²) < 4.78 is 5.47. The van der Waals surface area contributed by atoms with E-state index in [1.807, 2.05) is 11.8 Å². The van der Waals surface area contributed by atoms with Gasteiger partial charge in [0.15, 0.2) is 0 Å². The fraction of sp³-hybridized carbons (Fsp3) is 0.933. The molecule has 23 heavy (non-hydrogen) atoms.